The van der Waals surface area contributed by atoms with Crippen molar-refractivity contribution >= 4 is 17.7 Å². The number of aromatic hydroxyl groups is 1. The third-order valence-electron chi connectivity index (χ3n) is 7.20. The molecule has 3 atom stereocenters. The molecule has 8 heteroatoms. The van der Waals surface area contributed by atoms with Crippen molar-refractivity contribution in [3.63, 3.8) is 0 Å². The number of carbonyl (C=O) groups is 3. The molecule has 2 aromatic rings. The van der Waals surface area contributed by atoms with Gasteiger partial charge in [0.2, 0.25) is 17.7 Å². The predicted octanol–water partition coefficient (Wildman–Crippen LogP) is 3.01. The molecule has 0 aromatic heterocycles. The number of hydrogen-bond donors (Lipinski definition) is 5. The van der Waals surface area contributed by atoms with Crippen molar-refractivity contribution in [1.82, 2.24) is 21.3 Å². The molecular weight excluding hydrogens is 492 g/mol. The summed E-state index contributed by atoms with van der Waals surface area (Å²) >= 11 is 0. The van der Waals surface area contributed by atoms with Crippen molar-refractivity contribution < 1.29 is 19.5 Å². The van der Waals surface area contributed by atoms with E-state index < -0.39 is 18.1 Å². The Morgan fingerprint density at radius 2 is 1.46 bits per heavy atom. The third kappa shape index (κ3) is 9.39. The molecule has 8 nitrogen and oxygen atoms in total. The monoisotopic (exact) mass is 536 g/mol. The molecule has 0 fully saturated rings. The van der Waals surface area contributed by atoms with Crippen LogP contribution in [0, 0.1) is 5.92 Å². The highest BCUT2D eigenvalue weighted by Gasteiger charge is 2.30. The number of carbonyl (C=O) groups excluding carboxylic acids is 3. The van der Waals surface area contributed by atoms with Crippen LogP contribution in [0.1, 0.15) is 63.1 Å². The van der Waals surface area contributed by atoms with Gasteiger partial charge in [0.15, 0.2) is 0 Å². The molecule has 0 spiro atoms. The Morgan fingerprint density at radius 1 is 0.821 bits per heavy atom. The fraction of sp³-hybridized carbons (Fsp3) is 0.516. The lowest BCUT2D eigenvalue weighted by atomic mass is 9.98. The number of phenolic OH excluding ortho intramolecular Hbond substituents is 1. The molecule has 0 unspecified atom stereocenters. The molecule has 212 valence electrons. The zero-order valence-electron chi connectivity index (χ0n) is 23.5. The molecule has 1 aliphatic rings. The average Bonchev–Trinajstić information content (AvgIpc) is 2.91. The Balaban J connectivity index is 1.85. The second-order valence-corrected chi connectivity index (χ2v) is 10.7. The van der Waals surface area contributed by atoms with E-state index in [1.165, 1.54) is 11.1 Å². The van der Waals surface area contributed by atoms with Crippen molar-refractivity contribution in [2.75, 3.05) is 13.1 Å². The van der Waals surface area contributed by atoms with Crippen molar-refractivity contribution in [3.8, 4) is 5.75 Å². The first-order valence-electron chi connectivity index (χ1n) is 14.2. The van der Waals surface area contributed by atoms with Gasteiger partial charge in [-0.05, 0) is 79.8 Å². The third-order valence-corrected chi connectivity index (χ3v) is 7.20. The van der Waals surface area contributed by atoms with E-state index in [2.05, 4.69) is 33.4 Å². The number of rotatable bonds is 5. The first-order valence-corrected chi connectivity index (χ1v) is 14.2. The lowest BCUT2D eigenvalue weighted by Gasteiger charge is -2.27. The largest absolute Gasteiger partial charge is 0.508 e. The fourth-order valence-electron chi connectivity index (χ4n) is 4.95. The molecule has 0 saturated carbocycles. The first-order chi connectivity index (χ1) is 18.8. The summed E-state index contributed by atoms with van der Waals surface area (Å²) in [6, 6.07) is 13.2. The fourth-order valence-corrected chi connectivity index (χ4v) is 4.95. The molecule has 1 heterocycles. The molecule has 0 saturated heterocycles. The van der Waals surface area contributed by atoms with E-state index in [1.54, 1.807) is 24.3 Å². The summed E-state index contributed by atoms with van der Waals surface area (Å²) < 4.78 is 0. The molecule has 0 aliphatic carbocycles. The first kappa shape index (κ1) is 30.2. The second-order valence-electron chi connectivity index (χ2n) is 10.7. The van der Waals surface area contributed by atoms with Gasteiger partial charge in [-0.25, -0.2) is 0 Å². The molecule has 5 N–H and O–H groups in total. The Bertz CT molecular complexity index is 1090. The number of fused-ring (bicyclic) bond motifs is 1. The normalized spacial score (nSPS) is 22.2. The van der Waals surface area contributed by atoms with Crippen LogP contribution in [0.15, 0.2) is 48.5 Å². The van der Waals surface area contributed by atoms with E-state index in [1.807, 2.05) is 32.9 Å². The van der Waals surface area contributed by atoms with Gasteiger partial charge in [-0.15, -0.1) is 0 Å². The van der Waals surface area contributed by atoms with Crippen LogP contribution in [-0.2, 0) is 33.6 Å². The zero-order chi connectivity index (χ0) is 28.2. The van der Waals surface area contributed by atoms with Gasteiger partial charge in [-0.1, -0.05) is 63.6 Å². The average molecular weight is 537 g/mol. The number of nitrogens with one attached hydrogen (secondary N) is 4. The zero-order valence-corrected chi connectivity index (χ0v) is 23.5. The number of hydrogen-bond acceptors (Lipinski definition) is 5. The Morgan fingerprint density at radius 3 is 2.08 bits per heavy atom. The van der Waals surface area contributed by atoms with Crippen LogP contribution in [0.25, 0.3) is 0 Å². The molecule has 1 aliphatic heterocycles. The van der Waals surface area contributed by atoms with Gasteiger partial charge >= 0.3 is 0 Å². The topological polar surface area (TPSA) is 120 Å². The van der Waals surface area contributed by atoms with Crippen LogP contribution in [0.5, 0.6) is 5.75 Å². The highest BCUT2D eigenvalue weighted by molar-refractivity contribution is 5.93. The van der Waals surface area contributed by atoms with E-state index in [4.69, 9.17) is 0 Å². The van der Waals surface area contributed by atoms with E-state index in [9.17, 15) is 19.5 Å². The minimum Gasteiger partial charge on any atom is -0.508 e. The summed E-state index contributed by atoms with van der Waals surface area (Å²) in [5.41, 5.74) is 3.45. The lowest BCUT2D eigenvalue weighted by molar-refractivity contribution is -0.133. The second kappa shape index (κ2) is 15.3. The van der Waals surface area contributed by atoms with Crippen LogP contribution in [-0.4, -0.2) is 54.0 Å². The smallest absolute Gasteiger partial charge is 0.243 e. The minimum absolute atomic E-state index is 0.168. The molecule has 2 aromatic carbocycles. The molecule has 3 rings (SSSR count). The van der Waals surface area contributed by atoms with Crippen LogP contribution < -0.4 is 21.3 Å². The number of benzene rings is 2. The molecular formula is C31H44N4O4. The summed E-state index contributed by atoms with van der Waals surface area (Å²) in [7, 11) is 0. The van der Waals surface area contributed by atoms with E-state index in [0.29, 0.717) is 25.9 Å². The van der Waals surface area contributed by atoms with E-state index in [-0.39, 0.29) is 29.4 Å². The number of amides is 3. The van der Waals surface area contributed by atoms with Gasteiger partial charge in [0.25, 0.3) is 0 Å². The Hall–Kier alpha value is -3.39. The molecule has 39 heavy (non-hydrogen) atoms. The Kier molecular flexibility index (Phi) is 11.8. The molecule has 0 radical (unpaired) electrons. The van der Waals surface area contributed by atoms with Crippen molar-refractivity contribution in [1.29, 1.82) is 0 Å². The van der Waals surface area contributed by atoms with Crippen LogP contribution in [0.3, 0.4) is 0 Å². The number of aryl methyl sites for hydroxylation is 2. The summed E-state index contributed by atoms with van der Waals surface area (Å²) in [5.74, 6) is -0.821. The predicted molar refractivity (Wildman–Crippen MR) is 153 cm³/mol. The summed E-state index contributed by atoms with van der Waals surface area (Å²) in [4.78, 5) is 39.8. The van der Waals surface area contributed by atoms with Crippen LogP contribution in [0.4, 0.5) is 0 Å². The maximum Gasteiger partial charge on any atom is 0.243 e. The number of phenols is 1. The van der Waals surface area contributed by atoms with Crippen LogP contribution >= 0.6 is 0 Å². The van der Waals surface area contributed by atoms with Gasteiger partial charge < -0.3 is 26.4 Å². The summed E-state index contributed by atoms with van der Waals surface area (Å²) in [6.07, 6.45) is 5.06. The van der Waals surface area contributed by atoms with Gasteiger partial charge in [-0.2, -0.15) is 0 Å². The summed E-state index contributed by atoms with van der Waals surface area (Å²) in [5, 5.41) is 21.9. The van der Waals surface area contributed by atoms with Crippen LogP contribution in [0.2, 0.25) is 0 Å². The van der Waals surface area contributed by atoms with E-state index >= 15 is 0 Å². The van der Waals surface area contributed by atoms with Gasteiger partial charge in [0, 0.05) is 6.54 Å². The van der Waals surface area contributed by atoms with Gasteiger partial charge in [0.05, 0.1) is 6.04 Å². The summed E-state index contributed by atoms with van der Waals surface area (Å²) in [6.45, 7) is 6.91. The highest BCUT2D eigenvalue weighted by Crippen LogP contribution is 2.15. The minimum atomic E-state index is -0.778. The highest BCUT2D eigenvalue weighted by atomic mass is 16.3. The van der Waals surface area contributed by atoms with Gasteiger partial charge in [0.1, 0.15) is 17.8 Å². The van der Waals surface area contributed by atoms with E-state index in [0.717, 1.165) is 37.7 Å². The Labute approximate surface area is 232 Å². The lowest BCUT2D eigenvalue weighted by Crippen LogP contribution is -2.58. The molecule has 0 bridgehead atoms. The quantitative estimate of drug-likeness (QED) is 0.403. The van der Waals surface area contributed by atoms with Crippen molar-refractivity contribution in [2.45, 2.75) is 83.8 Å². The SMILES string of the molecule is CCC[C@@H]1NC(=O)[C@@H](C(C)C)NC(=O)[C@@H](Cc2ccc(O)cc2)NCCCc2ccccc2CCCNC1=O. The van der Waals surface area contributed by atoms with Crippen molar-refractivity contribution in [2.24, 2.45) is 5.92 Å². The van der Waals surface area contributed by atoms with Crippen molar-refractivity contribution in [3.05, 3.63) is 65.2 Å². The standard InChI is InChI=1S/C31H44N4O4/c1-4-9-26-29(37)33-19-8-13-24-11-6-5-10-23(24)12-7-18-32-27(20-22-14-16-25(36)17-15-22)30(38)35-28(21(2)3)31(39)34-26/h5-6,10-11,14-17,21,26-28,32,36H,4,7-9,12-13,18-20H2,1-3H3,(H,33,37)(H,34,39)(H,35,38)/t26-,27+,28+/m0/s1. The molecule has 3 amide bonds. The maximum atomic E-state index is 13.5. The van der Waals surface area contributed by atoms with Gasteiger partial charge in [-0.3, -0.25) is 14.4 Å². The maximum absolute atomic E-state index is 13.5.